The van der Waals surface area contributed by atoms with Gasteiger partial charge in [-0.15, -0.1) is 23.5 Å². The Hall–Kier alpha value is -0.130. The van der Waals surface area contributed by atoms with Crippen molar-refractivity contribution in [2.75, 3.05) is 11.5 Å². The molecule has 3 rings (SSSR count). The molecule has 0 spiro atoms. The topological polar surface area (TPSA) is 57.5 Å². The van der Waals surface area contributed by atoms with Crippen LogP contribution in [-0.4, -0.2) is 38.4 Å². The number of carboxylic acid groups (broad SMARTS) is 1. The number of hydrogen-bond donors (Lipinski definition) is 2. The number of carboxylic acids is 1. The summed E-state index contributed by atoms with van der Waals surface area (Å²) >= 11 is 4.02. The van der Waals surface area contributed by atoms with Crippen LogP contribution in [0.5, 0.6) is 0 Å². The lowest BCUT2D eigenvalue weighted by atomic mass is 9.47. The number of aliphatic hydroxyl groups excluding tert-OH is 1. The summed E-state index contributed by atoms with van der Waals surface area (Å²) < 4.78 is 0.454. The van der Waals surface area contributed by atoms with Gasteiger partial charge in [-0.25, -0.2) is 0 Å². The molecule has 136 valence electrons. The Morgan fingerprint density at radius 3 is 2.50 bits per heavy atom. The number of aliphatic hydroxyl groups is 1. The lowest BCUT2D eigenvalue weighted by molar-refractivity contribution is -0.156. The Morgan fingerprint density at radius 1 is 1.21 bits per heavy atom. The van der Waals surface area contributed by atoms with Crippen LogP contribution in [0, 0.1) is 22.2 Å². The minimum absolute atomic E-state index is 0.0870. The molecule has 5 atom stereocenters. The molecule has 5 unspecified atom stereocenters. The fourth-order valence-electron chi connectivity index (χ4n) is 5.52. The zero-order valence-corrected chi connectivity index (χ0v) is 16.6. The van der Waals surface area contributed by atoms with Crippen LogP contribution in [0.2, 0.25) is 0 Å². The maximum Gasteiger partial charge on any atom is 0.304 e. The molecular formula is C19H30O3S2. The largest absolute Gasteiger partial charge is 0.481 e. The second kappa shape index (κ2) is 6.55. The lowest BCUT2D eigenvalue weighted by Gasteiger charge is -2.61. The van der Waals surface area contributed by atoms with E-state index >= 15 is 0 Å². The monoisotopic (exact) mass is 370 g/mol. The van der Waals surface area contributed by atoms with Gasteiger partial charge in [-0.2, -0.15) is 0 Å². The average Bonchev–Trinajstić information content (AvgIpc) is 2.52. The predicted octanol–water partition coefficient (Wildman–Crippen LogP) is 4.41. The van der Waals surface area contributed by atoms with Crippen LogP contribution in [0.25, 0.3) is 0 Å². The summed E-state index contributed by atoms with van der Waals surface area (Å²) in [4.78, 5) is 11.4. The number of carbonyl (C=O) groups is 1. The molecule has 0 aromatic heterocycles. The zero-order chi connectivity index (χ0) is 17.6. The summed E-state index contributed by atoms with van der Waals surface area (Å²) in [7, 11) is 0. The number of rotatable bonds is 3. The number of fused-ring (bicyclic) bond motifs is 1. The number of aliphatic carboxylic acids is 1. The molecule has 1 aliphatic heterocycles. The fraction of sp³-hybridized carbons (Fsp3) is 0.842. The standard InChI is InChI=1S/C19H30O3S2/c1-17(12-14(20)21)7-4-8-18(2)13(17)6-9-19(3,15(18)22)16-23-10-5-11-24-16/h4,7,13,15-16,22H,5-6,8-12H2,1-3H3,(H,20,21). The molecule has 1 heterocycles. The van der Waals surface area contributed by atoms with Crippen molar-refractivity contribution in [1.29, 1.82) is 0 Å². The van der Waals surface area contributed by atoms with Crippen LogP contribution in [0.4, 0.5) is 0 Å². The quantitative estimate of drug-likeness (QED) is 0.721. The highest BCUT2D eigenvalue weighted by molar-refractivity contribution is 8.17. The van der Waals surface area contributed by atoms with Crippen molar-refractivity contribution in [2.24, 2.45) is 22.2 Å². The minimum atomic E-state index is -0.743. The highest BCUT2D eigenvalue weighted by atomic mass is 32.2. The SMILES string of the molecule is CC1(CC(=O)O)C=CCC2(C)C1CCC(C)(C1SCCCS1)C2O. The molecule has 0 bridgehead atoms. The molecule has 0 amide bonds. The number of thioether (sulfide) groups is 2. The van der Waals surface area contributed by atoms with Gasteiger partial charge in [0.2, 0.25) is 0 Å². The van der Waals surface area contributed by atoms with E-state index in [1.807, 2.05) is 23.5 Å². The molecule has 3 nitrogen and oxygen atoms in total. The van der Waals surface area contributed by atoms with Gasteiger partial charge >= 0.3 is 5.97 Å². The van der Waals surface area contributed by atoms with Crippen LogP contribution < -0.4 is 0 Å². The van der Waals surface area contributed by atoms with Crippen LogP contribution in [0.15, 0.2) is 12.2 Å². The summed E-state index contributed by atoms with van der Waals surface area (Å²) in [5.74, 6) is 1.87. The van der Waals surface area contributed by atoms with E-state index in [4.69, 9.17) is 0 Å². The predicted molar refractivity (Wildman–Crippen MR) is 102 cm³/mol. The van der Waals surface area contributed by atoms with Gasteiger partial charge in [0.1, 0.15) is 0 Å². The third kappa shape index (κ3) is 2.95. The van der Waals surface area contributed by atoms with E-state index in [2.05, 4.69) is 32.9 Å². The minimum Gasteiger partial charge on any atom is -0.481 e. The van der Waals surface area contributed by atoms with Crippen molar-refractivity contribution in [1.82, 2.24) is 0 Å². The van der Waals surface area contributed by atoms with E-state index in [1.165, 1.54) is 17.9 Å². The van der Waals surface area contributed by atoms with E-state index in [0.29, 0.717) is 4.58 Å². The van der Waals surface area contributed by atoms with Crippen LogP contribution in [0.1, 0.15) is 52.9 Å². The van der Waals surface area contributed by atoms with E-state index in [0.717, 1.165) is 19.3 Å². The van der Waals surface area contributed by atoms with E-state index < -0.39 is 5.97 Å². The van der Waals surface area contributed by atoms with E-state index in [9.17, 15) is 15.0 Å². The molecule has 2 N–H and O–H groups in total. The van der Waals surface area contributed by atoms with Crippen molar-refractivity contribution in [3.8, 4) is 0 Å². The first kappa shape index (κ1) is 18.7. The molecule has 2 aliphatic carbocycles. The van der Waals surface area contributed by atoms with Gasteiger partial charge in [-0.05, 0) is 48.5 Å². The van der Waals surface area contributed by atoms with E-state index in [-0.39, 0.29) is 34.7 Å². The zero-order valence-electron chi connectivity index (χ0n) is 15.0. The van der Waals surface area contributed by atoms with Gasteiger partial charge in [-0.3, -0.25) is 4.79 Å². The van der Waals surface area contributed by atoms with Crippen LogP contribution in [-0.2, 0) is 4.79 Å². The maximum absolute atomic E-state index is 11.5. The second-order valence-electron chi connectivity index (χ2n) is 8.62. The lowest BCUT2D eigenvalue weighted by Crippen LogP contribution is -2.60. The van der Waals surface area contributed by atoms with Crippen LogP contribution in [0.3, 0.4) is 0 Å². The van der Waals surface area contributed by atoms with Crippen LogP contribution >= 0.6 is 23.5 Å². The van der Waals surface area contributed by atoms with Crippen molar-refractivity contribution in [2.45, 2.75) is 63.6 Å². The molecule has 2 fully saturated rings. The van der Waals surface area contributed by atoms with Gasteiger partial charge < -0.3 is 10.2 Å². The highest BCUT2D eigenvalue weighted by Gasteiger charge is 2.60. The highest BCUT2D eigenvalue weighted by Crippen LogP contribution is 2.63. The summed E-state index contributed by atoms with van der Waals surface area (Å²) in [6, 6.07) is 0. The number of allylic oxidation sites excluding steroid dienone is 2. The van der Waals surface area contributed by atoms with Crippen molar-refractivity contribution >= 4 is 29.5 Å². The first-order chi connectivity index (χ1) is 11.2. The third-order valence-corrected chi connectivity index (χ3v) is 10.3. The molecule has 0 aromatic carbocycles. The molecule has 0 radical (unpaired) electrons. The molecule has 0 aromatic rings. The van der Waals surface area contributed by atoms with Gasteiger partial charge in [0.15, 0.2) is 0 Å². The fourth-order valence-corrected chi connectivity index (χ4v) is 8.97. The first-order valence-corrected chi connectivity index (χ1v) is 11.1. The summed E-state index contributed by atoms with van der Waals surface area (Å²) in [5.41, 5.74) is -0.672. The summed E-state index contributed by atoms with van der Waals surface area (Å²) in [6.07, 6.45) is 8.11. The molecule has 24 heavy (non-hydrogen) atoms. The maximum atomic E-state index is 11.5. The van der Waals surface area contributed by atoms with Gasteiger partial charge in [0, 0.05) is 10.8 Å². The Morgan fingerprint density at radius 2 is 1.88 bits per heavy atom. The van der Waals surface area contributed by atoms with Gasteiger partial charge in [-0.1, -0.05) is 32.9 Å². The average molecular weight is 371 g/mol. The third-order valence-electron chi connectivity index (χ3n) is 6.77. The molecule has 1 saturated heterocycles. The molecular weight excluding hydrogens is 340 g/mol. The smallest absolute Gasteiger partial charge is 0.304 e. The Kier molecular flexibility index (Phi) is 5.09. The van der Waals surface area contributed by atoms with Crippen molar-refractivity contribution in [3.05, 3.63) is 12.2 Å². The molecule has 5 heteroatoms. The Labute approximate surface area is 154 Å². The normalized spacial score (nSPS) is 46.5. The van der Waals surface area contributed by atoms with E-state index in [1.54, 1.807) is 0 Å². The Bertz CT molecular complexity index is 531. The summed E-state index contributed by atoms with van der Waals surface area (Å²) in [6.45, 7) is 6.53. The Balaban J connectivity index is 1.90. The summed E-state index contributed by atoms with van der Waals surface area (Å²) in [5, 5.41) is 20.9. The van der Waals surface area contributed by atoms with Gasteiger partial charge in [0.25, 0.3) is 0 Å². The number of hydrogen-bond acceptors (Lipinski definition) is 4. The van der Waals surface area contributed by atoms with Crippen molar-refractivity contribution < 1.29 is 15.0 Å². The second-order valence-corrected chi connectivity index (χ2v) is 11.3. The van der Waals surface area contributed by atoms with Gasteiger partial charge in [0.05, 0.1) is 17.1 Å². The van der Waals surface area contributed by atoms with Crippen molar-refractivity contribution in [3.63, 3.8) is 0 Å². The molecule has 1 saturated carbocycles. The molecule has 3 aliphatic rings. The first-order valence-electron chi connectivity index (χ1n) is 9.03.